The van der Waals surface area contributed by atoms with Crippen LogP contribution in [-0.2, 0) is 11.2 Å². The van der Waals surface area contributed by atoms with Crippen molar-refractivity contribution in [1.82, 2.24) is 9.97 Å². The van der Waals surface area contributed by atoms with Crippen molar-refractivity contribution in [2.45, 2.75) is 26.7 Å². The van der Waals surface area contributed by atoms with Crippen LogP contribution in [0.25, 0.3) is 11.0 Å². The van der Waals surface area contributed by atoms with Crippen LogP contribution in [0.4, 0.5) is 0 Å². The molecule has 0 aliphatic rings. The fourth-order valence-corrected chi connectivity index (χ4v) is 1.90. The number of ether oxygens (including phenoxy) is 1. The van der Waals surface area contributed by atoms with Gasteiger partial charge in [0.1, 0.15) is 11.2 Å². The third kappa shape index (κ3) is 2.65. The van der Waals surface area contributed by atoms with Crippen molar-refractivity contribution in [3.8, 4) is 0 Å². The lowest BCUT2D eigenvalue weighted by Crippen LogP contribution is -2.18. The maximum absolute atomic E-state index is 12.2. The van der Waals surface area contributed by atoms with E-state index in [0.717, 1.165) is 18.5 Å². The number of nitrogens with zero attached hydrogens (tertiary/aromatic N) is 1. The first-order chi connectivity index (χ1) is 9.17. The van der Waals surface area contributed by atoms with Crippen molar-refractivity contribution < 1.29 is 9.53 Å². The summed E-state index contributed by atoms with van der Waals surface area (Å²) in [4.78, 5) is 31.0. The highest BCUT2D eigenvalue weighted by molar-refractivity contribution is 5.92. The molecule has 0 aromatic carbocycles. The van der Waals surface area contributed by atoms with E-state index >= 15 is 0 Å². The lowest BCUT2D eigenvalue weighted by molar-refractivity contribution is 0.0524. The van der Waals surface area contributed by atoms with Gasteiger partial charge in [0, 0.05) is 11.9 Å². The number of H-pyrrole nitrogens is 1. The summed E-state index contributed by atoms with van der Waals surface area (Å²) in [7, 11) is 0. The van der Waals surface area contributed by atoms with E-state index < -0.39 is 5.97 Å². The maximum Gasteiger partial charge on any atom is 0.343 e. The van der Waals surface area contributed by atoms with Gasteiger partial charge in [-0.15, -0.1) is 0 Å². The number of nitrogens with one attached hydrogen (secondary N) is 1. The normalized spacial score (nSPS) is 10.6. The van der Waals surface area contributed by atoms with Crippen molar-refractivity contribution in [2.75, 3.05) is 6.61 Å². The number of hydrogen-bond acceptors (Lipinski definition) is 4. The molecular weight excluding hydrogens is 244 g/mol. The monoisotopic (exact) mass is 260 g/mol. The van der Waals surface area contributed by atoms with Gasteiger partial charge in [-0.2, -0.15) is 0 Å². The lowest BCUT2D eigenvalue weighted by Gasteiger charge is -2.04. The number of aromatic amines is 1. The van der Waals surface area contributed by atoms with Crippen LogP contribution >= 0.6 is 0 Å². The number of rotatable bonds is 4. The van der Waals surface area contributed by atoms with Crippen LogP contribution in [0.1, 0.15) is 36.3 Å². The largest absolute Gasteiger partial charge is 0.462 e. The molecule has 0 radical (unpaired) electrons. The summed E-state index contributed by atoms with van der Waals surface area (Å²) in [5.74, 6) is -0.608. The Morgan fingerprint density at radius 3 is 2.84 bits per heavy atom. The molecule has 0 bridgehead atoms. The smallest absolute Gasteiger partial charge is 0.343 e. The van der Waals surface area contributed by atoms with Gasteiger partial charge in [-0.1, -0.05) is 13.3 Å². The molecular formula is C14H16N2O3. The molecule has 0 aliphatic heterocycles. The molecule has 0 aliphatic carbocycles. The van der Waals surface area contributed by atoms with Crippen molar-refractivity contribution >= 4 is 17.0 Å². The molecule has 2 aromatic heterocycles. The van der Waals surface area contributed by atoms with Gasteiger partial charge >= 0.3 is 5.97 Å². The molecule has 100 valence electrons. The third-order valence-corrected chi connectivity index (χ3v) is 2.80. The number of esters is 1. The minimum absolute atomic E-state index is 0.0133. The molecule has 0 spiro atoms. The molecule has 2 aromatic rings. The van der Waals surface area contributed by atoms with Gasteiger partial charge in [0.25, 0.3) is 0 Å². The topological polar surface area (TPSA) is 72.1 Å². The van der Waals surface area contributed by atoms with Crippen LogP contribution in [0, 0.1) is 0 Å². The van der Waals surface area contributed by atoms with Gasteiger partial charge in [0.05, 0.1) is 12.0 Å². The van der Waals surface area contributed by atoms with Crippen molar-refractivity contribution in [3.63, 3.8) is 0 Å². The first-order valence-corrected chi connectivity index (χ1v) is 6.35. The van der Waals surface area contributed by atoms with E-state index in [0.29, 0.717) is 11.0 Å². The lowest BCUT2D eigenvalue weighted by atomic mass is 10.1. The van der Waals surface area contributed by atoms with E-state index in [1.807, 2.05) is 6.07 Å². The van der Waals surface area contributed by atoms with Gasteiger partial charge in [-0.3, -0.25) is 4.79 Å². The van der Waals surface area contributed by atoms with Gasteiger partial charge in [0.2, 0.25) is 5.43 Å². The Morgan fingerprint density at radius 1 is 1.37 bits per heavy atom. The van der Waals surface area contributed by atoms with E-state index in [-0.39, 0.29) is 17.6 Å². The number of aryl methyl sites for hydroxylation is 1. The summed E-state index contributed by atoms with van der Waals surface area (Å²) in [6, 6.07) is 3.52. The van der Waals surface area contributed by atoms with E-state index in [2.05, 4.69) is 16.9 Å². The van der Waals surface area contributed by atoms with E-state index in [1.165, 1.54) is 6.20 Å². The zero-order valence-corrected chi connectivity index (χ0v) is 11.0. The Labute approximate surface area is 110 Å². The molecule has 19 heavy (non-hydrogen) atoms. The molecule has 1 N–H and O–H groups in total. The first kappa shape index (κ1) is 13.3. The first-order valence-electron chi connectivity index (χ1n) is 6.35. The van der Waals surface area contributed by atoms with Crippen LogP contribution in [0.5, 0.6) is 0 Å². The Morgan fingerprint density at radius 2 is 2.16 bits per heavy atom. The standard InChI is InChI=1S/C14H16N2O3/c1-3-5-9-6-7-10-12(17)11(14(18)19-4-2)8-15-13(10)16-9/h6-8H,3-5H2,1-2H3,(H,15,16,17). The molecule has 0 saturated heterocycles. The quantitative estimate of drug-likeness (QED) is 0.854. The third-order valence-electron chi connectivity index (χ3n) is 2.80. The molecule has 5 heteroatoms. The summed E-state index contributed by atoms with van der Waals surface area (Å²) in [5.41, 5.74) is 1.10. The Hall–Kier alpha value is -2.17. The van der Waals surface area contributed by atoms with Crippen molar-refractivity contribution in [3.05, 3.63) is 39.8 Å². The minimum Gasteiger partial charge on any atom is -0.462 e. The van der Waals surface area contributed by atoms with Crippen LogP contribution in [0.3, 0.4) is 0 Å². The van der Waals surface area contributed by atoms with E-state index in [4.69, 9.17) is 4.74 Å². The fraction of sp³-hybridized carbons (Fsp3) is 0.357. The molecule has 0 amide bonds. The molecule has 5 nitrogen and oxygen atoms in total. The fourth-order valence-electron chi connectivity index (χ4n) is 1.90. The van der Waals surface area contributed by atoms with Gasteiger partial charge in [-0.05, 0) is 25.5 Å². The number of hydrogen-bond donors (Lipinski definition) is 1. The second-order valence-corrected chi connectivity index (χ2v) is 4.20. The highest BCUT2D eigenvalue weighted by atomic mass is 16.5. The maximum atomic E-state index is 12.2. The highest BCUT2D eigenvalue weighted by Gasteiger charge is 2.14. The number of pyridine rings is 2. The van der Waals surface area contributed by atoms with E-state index in [1.54, 1.807) is 13.0 Å². The van der Waals surface area contributed by atoms with Crippen LogP contribution < -0.4 is 5.43 Å². The van der Waals surface area contributed by atoms with Gasteiger partial charge in [0.15, 0.2) is 0 Å². The van der Waals surface area contributed by atoms with E-state index in [9.17, 15) is 9.59 Å². The molecule has 0 unspecified atom stereocenters. The Bertz CT molecular complexity index is 661. The van der Waals surface area contributed by atoms with Gasteiger partial charge in [-0.25, -0.2) is 9.78 Å². The minimum atomic E-state index is -0.608. The zero-order valence-electron chi connectivity index (χ0n) is 11.0. The number of aromatic nitrogens is 2. The zero-order chi connectivity index (χ0) is 13.8. The number of carbonyl (C=O) groups is 1. The summed E-state index contributed by atoms with van der Waals surface area (Å²) in [5, 5.41) is 0.408. The number of fused-ring (bicyclic) bond motifs is 1. The SMILES string of the molecule is CCCc1ccc2c(=O)c(C(=O)OCC)c[nH]c2n1. The predicted molar refractivity (Wildman–Crippen MR) is 72.3 cm³/mol. The second-order valence-electron chi connectivity index (χ2n) is 4.20. The van der Waals surface area contributed by atoms with Crippen molar-refractivity contribution in [2.24, 2.45) is 0 Å². The van der Waals surface area contributed by atoms with Crippen LogP contribution in [-0.4, -0.2) is 22.5 Å². The van der Waals surface area contributed by atoms with Crippen molar-refractivity contribution in [1.29, 1.82) is 0 Å². The van der Waals surface area contributed by atoms with Crippen LogP contribution in [0.15, 0.2) is 23.1 Å². The Kier molecular flexibility index (Phi) is 3.94. The summed E-state index contributed by atoms with van der Waals surface area (Å²) in [6.07, 6.45) is 3.21. The molecule has 0 saturated carbocycles. The highest BCUT2D eigenvalue weighted by Crippen LogP contribution is 2.09. The average Bonchev–Trinajstić information content (AvgIpc) is 2.39. The molecule has 2 heterocycles. The molecule has 0 fully saturated rings. The second kappa shape index (κ2) is 5.65. The molecule has 0 atom stereocenters. The number of carbonyl (C=O) groups excluding carboxylic acids is 1. The van der Waals surface area contributed by atoms with Crippen LogP contribution in [0.2, 0.25) is 0 Å². The van der Waals surface area contributed by atoms with Gasteiger partial charge < -0.3 is 9.72 Å². The average molecular weight is 260 g/mol. The summed E-state index contributed by atoms with van der Waals surface area (Å²) < 4.78 is 4.84. The predicted octanol–water partition coefficient (Wildman–Crippen LogP) is 2.05. The Balaban J connectivity index is 2.51. The molecule has 2 rings (SSSR count). The summed E-state index contributed by atoms with van der Waals surface area (Å²) in [6.45, 7) is 4.01. The summed E-state index contributed by atoms with van der Waals surface area (Å²) >= 11 is 0.